The lowest BCUT2D eigenvalue weighted by Gasteiger charge is -2.02. The molecule has 0 spiro atoms. The third kappa shape index (κ3) is 3.14. The molecule has 2 rings (SSSR count). The van der Waals surface area contributed by atoms with Crippen molar-refractivity contribution in [3.8, 4) is 0 Å². The van der Waals surface area contributed by atoms with E-state index in [-0.39, 0.29) is 16.9 Å². The summed E-state index contributed by atoms with van der Waals surface area (Å²) >= 11 is 1.14. The molecule has 108 valence electrons. The summed E-state index contributed by atoms with van der Waals surface area (Å²) in [5.41, 5.74) is -0.123. The third-order valence-corrected chi connectivity index (χ3v) is 3.40. The molecule has 1 unspecified atom stereocenters. The predicted molar refractivity (Wildman–Crippen MR) is 66.8 cm³/mol. The molecular weight excluding hydrogens is 292 g/mol. The van der Waals surface area contributed by atoms with E-state index in [1.165, 1.54) is 13.2 Å². The van der Waals surface area contributed by atoms with Gasteiger partial charge in [-0.15, -0.1) is 10.2 Å². The van der Waals surface area contributed by atoms with Crippen LogP contribution in [0.3, 0.4) is 0 Å². The Morgan fingerprint density at radius 2 is 2.25 bits per heavy atom. The molecule has 0 aromatic carbocycles. The molecule has 0 aliphatic carbocycles. The summed E-state index contributed by atoms with van der Waals surface area (Å²) in [6, 6.07) is 1.20. The fraction of sp³-hybridized carbons (Fsp3) is 0.400. The highest BCUT2D eigenvalue weighted by atomic mass is 32.1. The van der Waals surface area contributed by atoms with Crippen molar-refractivity contribution in [2.75, 3.05) is 12.4 Å². The number of ether oxygens (including phenoxy) is 1. The lowest BCUT2D eigenvalue weighted by Crippen LogP contribution is -2.13. The number of nitrogens with zero attached hydrogens (tertiary/aromatic N) is 4. The zero-order valence-electron chi connectivity index (χ0n) is 10.6. The van der Waals surface area contributed by atoms with Crippen molar-refractivity contribution in [3.05, 3.63) is 23.0 Å². The van der Waals surface area contributed by atoms with Crippen LogP contribution in [0.2, 0.25) is 0 Å². The maximum atomic E-state index is 12.3. The van der Waals surface area contributed by atoms with Gasteiger partial charge in [0.1, 0.15) is 11.1 Å². The second-order valence-corrected chi connectivity index (χ2v) is 4.75. The van der Waals surface area contributed by atoms with E-state index in [1.807, 2.05) is 0 Å². The van der Waals surface area contributed by atoms with Crippen molar-refractivity contribution < 1.29 is 18.3 Å². The average Bonchev–Trinajstić information content (AvgIpc) is 3.06. The first-order valence-electron chi connectivity index (χ1n) is 5.52. The van der Waals surface area contributed by atoms with Crippen LogP contribution in [0, 0.1) is 0 Å². The molecule has 1 atom stereocenters. The van der Waals surface area contributed by atoms with Gasteiger partial charge >= 0.3 is 6.55 Å². The highest BCUT2D eigenvalue weighted by Crippen LogP contribution is 2.23. The molecule has 1 N–H and O–H groups in total. The number of hydrogen-bond acceptors (Lipinski definition) is 6. The van der Waals surface area contributed by atoms with Crippen LogP contribution in [0.15, 0.2) is 12.3 Å². The summed E-state index contributed by atoms with van der Waals surface area (Å²) in [4.78, 5) is 11.8. The summed E-state index contributed by atoms with van der Waals surface area (Å²) in [6.07, 6.45) is 0.786. The number of hydrogen-bond donors (Lipinski definition) is 1. The molecule has 2 aromatic heterocycles. The first kappa shape index (κ1) is 14.5. The van der Waals surface area contributed by atoms with Gasteiger partial charge in [0.25, 0.3) is 5.91 Å². The van der Waals surface area contributed by atoms with Crippen molar-refractivity contribution >= 4 is 22.4 Å². The molecule has 10 heteroatoms. The second kappa shape index (κ2) is 6.01. The first-order chi connectivity index (χ1) is 9.51. The van der Waals surface area contributed by atoms with Gasteiger partial charge in [0.05, 0.1) is 0 Å². The van der Waals surface area contributed by atoms with Crippen molar-refractivity contribution in [1.29, 1.82) is 0 Å². The summed E-state index contributed by atoms with van der Waals surface area (Å²) in [5, 5.41) is 14.4. The fourth-order valence-corrected chi connectivity index (χ4v) is 2.05. The zero-order chi connectivity index (χ0) is 14.7. The van der Waals surface area contributed by atoms with Crippen molar-refractivity contribution in [3.63, 3.8) is 0 Å². The van der Waals surface area contributed by atoms with Crippen LogP contribution in [-0.2, 0) is 4.74 Å². The van der Waals surface area contributed by atoms with Crippen molar-refractivity contribution in [1.82, 2.24) is 20.0 Å². The Balaban J connectivity index is 2.05. The highest BCUT2D eigenvalue weighted by Gasteiger charge is 2.16. The third-order valence-electron chi connectivity index (χ3n) is 2.40. The van der Waals surface area contributed by atoms with Crippen LogP contribution >= 0.6 is 11.3 Å². The number of carbonyl (C=O) groups excluding carboxylic acids is 1. The largest absolute Gasteiger partial charge is 0.374 e. The van der Waals surface area contributed by atoms with Crippen LogP contribution in [0.25, 0.3) is 0 Å². The minimum atomic E-state index is -2.78. The quantitative estimate of drug-likeness (QED) is 0.914. The maximum absolute atomic E-state index is 12.3. The smallest absolute Gasteiger partial charge is 0.333 e. The summed E-state index contributed by atoms with van der Waals surface area (Å²) in [7, 11) is 1.53. The van der Waals surface area contributed by atoms with Gasteiger partial charge in [-0.05, 0) is 13.0 Å². The van der Waals surface area contributed by atoms with E-state index in [0.29, 0.717) is 9.69 Å². The number of halogens is 2. The maximum Gasteiger partial charge on any atom is 0.333 e. The molecule has 2 heterocycles. The molecule has 1 amide bonds. The van der Waals surface area contributed by atoms with Gasteiger partial charge in [0.2, 0.25) is 5.13 Å². The molecular formula is C10H11F2N5O2S. The summed E-state index contributed by atoms with van der Waals surface area (Å²) in [5.74, 6) is -0.628. The highest BCUT2D eigenvalue weighted by molar-refractivity contribution is 7.15. The minimum Gasteiger partial charge on any atom is -0.374 e. The first-order valence-corrected chi connectivity index (χ1v) is 6.33. The lowest BCUT2D eigenvalue weighted by atomic mass is 10.4. The van der Waals surface area contributed by atoms with E-state index in [2.05, 4.69) is 20.6 Å². The SMILES string of the molecule is COC(C)c1nnc(NC(=O)c2ccn(C(F)F)n2)s1. The minimum absolute atomic E-state index is 0.123. The van der Waals surface area contributed by atoms with E-state index in [4.69, 9.17) is 4.74 Å². The molecule has 0 bridgehead atoms. The molecule has 2 aromatic rings. The van der Waals surface area contributed by atoms with Crippen LogP contribution in [0.4, 0.5) is 13.9 Å². The molecule has 0 radical (unpaired) electrons. The Bertz CT molecular complexity index is 600. The molecule has 0 saturated carbocycles. The monoisotopic (exact) mass is 303 g/mol. The Morgan fingerprint density at radius 3 is 2.85 bits per heavy atom. The Hall–Kier alpha value is -1.94. The van der Waals surface area contributed by atoms with E-state index >= 15 is 0 Å². The van der Waals surface area contributed by atoms with Gasteiger partial charge in [-0.2, -0.15) is 13.9 Å². The number of rotatable bonds is 5. The zero-order valence-corrected chi connectivity index (χ0v) is 11.4. The molecule has 0 aliphatic rings. The molecule has 0 fully saturated rings. The number of nitrogens with one attached hydrogen (secondary N) is 1. The Labute approximate surface area is 116 Å². The van der Waals surface area contributed by atoms with E-state index in [9.17, 15) is 13.6 Å². The van der Waals surface area contributed by atoms with Crippen LogP contribution < -0.4 is 5.32 Å². The molecule has 0 aliphatic heterocycles. The molecule has 7 nitrogen and oxygen atoms in total. The predicted octanol–water partition coefficient (Wildman–Crippen LogP) is 2.09. The normalized spacial score (nSPS) is 12.7. The molecule has 20 heavy (non-hydrogen) atoms. The van der Waals surface area contributed by atoms with E-state index in [1.54, 1.807) is 6.92 Å². The lowest BCUT2D eigenvalue weighted by molar-refractivity contribution is 0.0561. The number of methoxy groups -OCH3 is 1. The van der Waals surface area contributed by atoms with Gasteiger partial charge < -0.3 is 4.74 Å². The van der Waals surface area contributed by atoms with Gasteiger partial charge in [-0.25, -0.2) is 4.68 Å². The Kier molecular flexibility index (Phi) is 4.35. The number of carbonyl (C=O) groups is 1. The average molecular weight is 303 g/mol. The van der Waals surface area contributed by atoms with Crippen molar-refractivity contribution in [2.24, 2.45) is 0 Å². The van der Waals surface area contributed by atoms with Gasteiger partial charge in [-0.3, -0.25) is 10.1 Å². The summed E-state index contributed by atoms with van der Waals surface area (Å²) < 4.78 is 30.1. The standard InChI is InChI=1S/C10H11F2N5O2S/c1-5(19-2)8-14-15-10(20-8)13-7(18)6-3-4-17(16-6)9(11)12/h3-5,9H,1-2H3,(H,13,15,18). The topological polar surface area (TPSA) is 81.9 Å². The van der Waals surface area contributed by atoms with Gasteiger partial charge in [0.15, 0.2) is 5.69 Å². The van der Waals surface area contributed by atoms with E-state index in [0.717, 1.165) is 17.5 Å². The van der Waals surface area contributed by atoms with Crippen LogP contribution in [0.1, 0.15) is 35.1 Å². The number of alkyl halides is 2. The fourth-order valence-electron chi connectivity index (χ4n) is 1.28. The molecule has 0 saturated heterocycles. The van der Waals surface area contributed by atoms with E-state index < -0.39 is 12.5 Å². The Morgan fingerprint density at radius 1 is 1.50 bits per heavy atom. The number of aromatic nitrogens is 4. The number of anilines is 1. The van der Waals surface area contributed by atoms with Crippen LogP contribution in [-0.4, -0.2) is 33.0 Å². The van der Waals surface area contributed by atoms with Crippen LogP contribution in [0.5, 0.6) is 0 Å². The second-order valence-electron chi connectivity index (χ2n) is 3.74. The number of amides is 1. The van der Waals surface area contributed by atoms with Gasteiger partial charge in [-0.1, -0.05) is 11.3 Å². The van der Waals surface area contributed by atoms with Crippen molar-refractivity contribution in [2.45, 2.75) is 19.6 Å². The summed E-state index contributed by atoms with van der Waals surface area (Å²) in [6.45, 7) is -0.997. The van der Waals surface area contributed by atoms with Gasteiger partial charge in [0, 0.05) is 13.3 Å².